The van der Waals surface area contributed by atoms with Crippen LogP contribution in [-0.2, 0) is 0 Å². The third kappa shape index (κ3) is 6.41. The Labute approximate surface area is 193 Å². The second-order valence-corrected chi connectivity index (χ2v) is 8.32. The van der Waals surface area contributed by atoms with Crippen LogP contribution in [0.5, 0.6) is 5.75 Å². The zero-order chi connectivity index (χ0) is 23.4. The monoisotopic (exact) mass is 478 g/mol. The Morgan fingerprint density at radius 1 is 1.00 bits per heavy atom. The largest absolute Gasteiger partial charge is 0.573 e. The van der Waals surface area contributed by atoms with E-state index in [0.29, 0.717) is 10.7 Å². The molecule has 0 bridgehead atoms. The van der Waals surface area contributed by atoms with E-state index in [1.165, 1.54) is 12.1 Å². The highest BCUT2D eigenvalue weighted by Crippen LogP contribution is 2.28. The van der Waals surface area contributed by atoms with Crippen LogP contribution in [0.25, 0.3) is 10.9 Å². The first-order valence-electron chi connectivity index (χ1n) is 10.5. The van der Waals surface area contributed by atoms with Gasteiger partial charge in [-0.3, -0.25) is 4.98 Å². The van der Waals surface area contributed by atoms with Crippen molar-refractivity contribution in [2.75, 3.05) is 10.6 Å². The average Bonchev–Trinajstić information content (AvgIpc) is 2.75. The molecule has 4 rings (SSSR count). The van der Waals surface area contributed by atoms with Crippen LogP contribution >= 0.6 is 11.6 Å². The summed E-state index contributed by atoms with van der Waals surface area (Å²) in [7, 11) is 0. The maximum absolute atomic E-state index is 12.3. The first-order chi connectivity index (χ1) is 15.7. The Morgan fingerprint density at radius 3 is 2.39 bits per heavy atom. The second-order valence-electron chi connectivity index (χ2n) is 7.88. The normalized spacial score (nSPS) is 18.5. The van der Waals surface area contributed by atoms with Gasteiger partial charge in [0, 0.05) is 40.1 Å². The summed E-state index contributed by atoms with van der Waals surface area (Å²) in [5.41, 5.74) is 2.21. The highest BCUT2D eigenvalue weighted by Gasteiger charge is 2.31. The SMILES string of the molecule is O=C(Nc1ccc(OC(F)(F)F)cc1)N[C@H]1CC[C@@H](Nc2ccnc3cc(Cl)ccc23)CC1. The number of urea groups is 1. The molecule has 1 fully saturated rings. The van der Waals surface area contributed by atoms with Crippen molar-refractivity contribution in [2.24, 2.45) is 0 Å². The van der Waals surface area contributed by atoms with E-state index < -0.39 is 12.4 Å². The van der Waals surface area contributed by atoms with Crippen molar-refractivity contribution in [3.8, 4) is 5.75 Å². The van der Waals surface area contributed by atoms with Gasteiger partial charge in [0.25, 0.3) is 0 Å². The molecule has 2 aromatic carbocycles. The lowest BCUT2D eigenvalue weighted by Gasteiger charge is -2.30. The first kappa shape index (κ1) is 23.0. The predicted molar refractivity (Wildman–Crippen MR) is 122 cm³/mol. The van der Waals surface area contributed by atoms with Crippen LogP contribution in [0, 0.1) is 0 Å². The summed E-state index contributed by atoms with van der Waals surface area (Å²) in [5.74, 6) is -0.343. The van der Waals surface area contributed by atoms with Crippen molar-refractivity contribution in [1.82, 2.24) is 10.3 Å². The van der Waals surface area contributed by atoms with Gasteiger partial charge >= 0.3 is 12.4 Å². The fourth-order valence-electron chi connectivity index (χ4n) is 3.94. The molecular weight excluding hydrogens is 457 g/mol. The molecule has 2 amide bonds. The summed E-state index contributed by atoms with van der Waals surface area (Å²) in [6.07, 6.45) is 0.368. The maximum Gasteiger partial charge on any atom is 0.573 e. The minimum Gasteiger partial charge on any atom is -0.406 e. The van der Waals surface area contributed by atoms with Gasteiger partial charge in [-0.05, 0) is 74.2 Å². The molecule has 1 aliphatic carbocycles. The molecule has 3 N–H and O–H groups in total. The number of carbonyl (C=O) groups excluding carboxylic acids is 1. The predicted octanol–water partition coefficient (Wildman–Crippen LogP) is 6.33. The van der Waals surface area contributed by atoms with Crippen LogP contribution in [0.2, 0.25) is 5.02 Å². The smallest absolute Gasteiger partial charge is 0.406 e. The first-order valence-corrected chi connectivity index (χ1v) is 10.9. The number of anilines is 2. The van der Waals surface area contributed by atoms with Crippen molar-refractivity contribution in [2.45, 2.75) is 44.1 Å². The number of nitrogens with one attached hydrogen (secondary N) is 3. The number of pyridine rings is 1. The van der Waals surface area contributed by atoms with Gasteiger partial charge in [0.15, 0.2) is 0 Å². The Balaban J connectivity index is 1.25. The summed E-state index contributed by atoms with van der Waals surface area (Å²) in [6, 6.07) is 12.5. The molecule has 6 nitrogen and oxygen atoms in total. The number of carbonyl (C=O) groups is 1. The van der Waals surface area contributed by atoms with Gasteiger partial charge in [-0.1, -0.05) is 11.6 Å². The molecule has 0 aliphatic heterocycles. The molecule has 0 spiro atoms. The number of hydrogen-bond donors (Lipinski definition) is 3. The third-order valence-corrected chi connectivity index (χ3v) is 5.71. The second kappa shape index (κ2) is 9.74. The van der Waals surface area contributed by atoms with Gasteiger partial charge in [0.05, 0.1) is 5.52 Å². The summed E-state index contributed by atoms with van der Waals surface area (Å²) >= 11 is 6.05. The number of nitrogens with zero attached hydrogens (tertiary/aromatic N) is 1. The molecule has 174 valence electrons. The number of fused-ring (bicyclic) bond motifs is 1. The van der Waals surface area contributed by atoms with Crippen molar-refractivity contribution >= 4 is 39.9 Å². The lowest BCUT2D eigenvalue weighted by Crippen LogP contribution is -2.42. The van der Waals surface area contributed by atoms with Crippen LogP contribution < -0.4 is 20.7 Å². The van der Waals surface area contributed by atoms with Crippen LogP contribution in [0.4, 0.5) is 29.3 Å². The van der Waals surface area contributed by atoms with Gasteiger partial charge in [-0.25, -0.2) is 4.79 Å². The molecule has 1 heterocycles. The van der Waals surface area contributed by atoms with Crippen LogP contribution in [0.1, 0.15) is 25.7 Å². The number of amides is 2. The molecule has 0 unspecified atom stereocenters. The lowest BCUT2D eigenvalue weighted by atomic mass is 9.91. The minimum absolute atomic E-state index is 0.0175. The van der Waals surface area contributed by atoms with E-state index in [1.807, 2.05) is 24.3 Å². The van der Waals surface area contributed by atoms with Gasteiger partial charge in [0.1, 0.15) is 5.75 Å². The molecule has 0 radical (unpaired) electrons. The molecule has 0 atom stereocenters. The van der Waals surface area contributed by atoms with Crippen LogP contribution in [0.3, 0.4) is 0 Å². The molecule has 33 heavy (non-hydrogen) atoms. The molecule has 0 saturated heterocycles. The molecule has 1 aromatic heterocycles. The number of aromatic nitrogens is 1. The highest BCUT2D eigenvalue weighted by molar-refractivity contribution is 6.31. The van der Waals surface area contributed by atoms with Crippen molar-refractivity contribution in [3.63, 3.8) is 0 Å². The molecule has 10 heteroatoms. The Hall–Kier alpha value is -3.20. The van der Waals surface area contributed by atoms with E-state index in [4.69, 9.17) is 11.6 Å². The Bertz CT molecular complexity index is 1120. The van der Waals surface area contributed by atoms with E-state index in [9.17, 15) is 18.0 Å². The van der Waals surface area contributed by atoms with Crippen molar-refractivity contribution < 1.29 is 22.7 Å². The number of benzene rings is 2. The van der Waals surface area contributed by atoms with E-state index in [2.05, 4.69) is 25.7 Å². The van der Waals surface area contributed by atoms with Crippen LogP contribution in [-0.4, -0.2) is 29.5 Å². The maximum atomic E-state index is 12.3. The lowest BCUT2D eigenvalue weighted by molar-refractivity contribution is -0.274. The number of rotatable bonds is 5. The summed E-state index contributed by atoms with van der Waals surface area (Å²) < 4.78 is 40.5. The standard InChI is InChI=1S/C23H22ClF3N4O2/c24-14-1-10-19-20(11-12-28-21(19)13-14)29-15-2-4-16(5-3-15)30-22(32)31-17-6-8-18(9-7-17)33-23(25,26)27/h1,6-13,15-16H,2-5H2,(H,28,29)(H2,30,31,32)/t15-,16+. The third-order valence-electron chi connectivity index (χ3n) is 5.47. The van der Waals surface area contributed by atoms with Gasteiger partial charge in [-0.2, -0.15) is 0 Å². The number of halogens is 4. The molecule has 3 aromatic rings. The van der Waals surface area contributed by atoms with Gasteiger partial charge < -0.3 is 20.7 Å². The fourth-order valence-corrected chi connectivity index (χ4v) is 4.11. The molecule has 1 aliphatic rings. The topological polar surface area (TPSA) is 75.3 Å². The highest BCUT2D eigenvalue weighted by atomic mass is 35.5. The Morgan fingerprint density at radius 2 is 1.70 bits per heavy atom. The van der Waals surface area contributed by atoms with Crippen molar-refractivity contribution in [1.29, 1.82) is 0 Å². The fraction of sp³-hybridized carbons (Fsp3) is 0.304. The average molecular weight is 479 g/mol. The number of alkyl halides is 3. The summed E-state index contributed by atoms with van der Waals surface area (Å²) in [5, 5.41) is 10.8. The quantitative estimate of drug-likeness (QED) is 0.400. The van der Waals surface area contributed by atoms with Crippen molar-refractivity contribution in [3.05, 3.63) is 59.8 Å². The summed E-state index contributed by atoms with van der Waals surface area (Å²) in [6.45, 7) is 0. The van der Waals surface area contributed by atoms with E-state index in [-0.39, 0.29) is 17.8 Å². The minimum atomic E-state index is -4.75. The van der Waals surface area contributed by atoms with E-state index in [0.717, 1.165) is 54.4 Å². The van der Waals surface area contributed by atoms with Gasteiger partial charge in [-0.15, -0.1) is 13.2 Å². The zero-order valence-electron chi connectivity index (χ0n) is 17.5. The van der Waals surface area contributed by atoms with Gasteiger partial charge in [0.2, 0.25) is 0 Å². The number of hydrogen-bond acceptors (Lipinski definition) is 4. The molecular formula is C23H22ClF3N4O2. The number of ether oxygens (including phenoxy) is 1. The van der Waals surface area contributed by atoms with E-state index >= 15 is 0 Å². The zero-order valence-corrected chi connectivity index (χ0v) is 18.2. The molecule has 1 saturated carbocycles. The van der Waals surface area contributed by atoms with Crippen LogP contribution in [0.15, 0.2) is 54.7 Å². The summed E-state index contributed by atoms with van der Waals surface area (Å²) in [4.78, 5) is 16.6. The Kier molecular flexibility index (Phi) is 6.78. The van der Waals surface area contributed by atoms with E-state index in [1.54, 1.807) is 6.20 Å².